The van der Waals surface area contributed by atoms with Gasteiger partial charge in [0.25, 0.3) is 0 Å². The molecule has 3 aliphatic rings. The van der Waals surface area contributed by atoms with E-state index in [0.717, 1.165) is 23.7 Å². The smallest absolute Gasteiger partial charge is 0.0126 e. The Bertz CT molecular complexity index is 746. The van der Waals surface area contributed by atoms with Crippen LogP contribution in [0.1, 0.15) is 42.7 Å². The zero-order valence-electron chi connectivity index (χ0n) is 15.4. The molecule has 0 bridgehead atoms. The molecule has 26 heavy (non-hydrogen) atoms. The Kier molecular flexibility index (Phi) is 4.28. The fraction of sp³-hybridized carbons (Fsp3) is 0.385. The van der Waals surface area contributed by atoms with E-state index in [2.05, 4.69) is 85.0 Å². The van der Waals surface area contributed by atoms with Gasteiger partial charge in [0, 0.05) is 5.92 Å². The zero-order chi connectivity index (χ0) is 17.3. The van der Waals surface area contributed by atoms with Gasteiger partial charge in [0.15, 0.2) is 0 Å². The lowest BCUT2D eigenvalue weighted by Crippen LogP contribution is -2.27. The van der Waals surface area contributed by atoms with Crippen molar-refractivity contribution in [3.63, 3.8) is 0 Å². The monoisotopic (exact) mass is 340 g/mol. The summed E-state index contributed by atoms with van der Waals surface area (Å²) in [4.78, 5) is 0. The summed E-state index contributed by atoms with van der Waals surface area (Å²) in [5.41, 5.74) is 2.99. The van der Waals surface area contributed by atoms with Gasteiger partial charge in [-0.3, -0.25) is 0 Å². The van der Waals surface area contributed by atoms with Crippen molar-refractivity contribution < 1.29 is 0 Å². The van der Waals surface area contributed by atoms with Gasteiger partial charge in [-0.15, -0.1) is 0 Å². The van der Waals surface area contributed by atoms with Crippen molar-refractivity contribution >= 4 is 0 Å². The molecule has 0 nitrogen and oxygen atoms in total. The molecule has 0 heterocycles. The van der Waals surface area contributed by atoms with Crippen LogP contribution in [0.2, 0.25) is 0 Å². The average Bonchev–Trinajstić information content (AvgIpc) is 3.05. The Morgan fingerprint density at radius 2 is 1.15 bits per heavy atom. The summed E-state index contributed by atoms with van der Waals surface area (Å²) in [7, 11) is 0. The largest absolute Gasteiger partial charge is 0.0805 e. The third kappa shape index (κ3) is 2.67. The molecular weight excluding hydrogens is 312 g/mol. The van der Waals surface area contributed by atoms with Crippen molar-refractivity contribution in [1.29, 1.82) is 0 Å². The molecule has 5 atom stereocenters. The first-order chi connectivity index (χ1) is 12.9. The van der Waals surface area contributed by atoms with E-state index in [4.69, 9.17) is 0 Å². The van der Waals surface area contributed by atoms with Gasteiger partial charge < -0.3 is 0 Å². The summed E-state index contributed by atoms with van der Waals surface area (Å²) < 4.78 is 0. The summed E-state index contributed by atoms with van der Waals surface area (Å²) in [6.45, 7) is 0. The molecule has 2 aromatic carbocycles. The van der Waals surface area contributed by atoms with E-state index in [-0.39, 0.29) is 0 Å². The number of fused-ring (bicyclic) bond motifs is 3. The number of hydrogen-bond acceptors (Lipinski definition) is 0. The lowest BCUT2D eigenvalue weighted by molar-refractivity contribution is 0.202. The predicted octanol–water partition coefficient (Wildman–Crippen LogP) is 6.61. The van der Waals surface area contributed by atoms with Crippen LogP contribution in [0.3, 0.4) is 0 Å². The molecule has 5 unspecified atom stereocenters. The minimum atomic E-state index is 0.508. The average molecular weight is 341 g/mol. The van der Waals surface area contributed by atoms with Crippen LogP contribution >= 0.6 is 0 Å². The lowest BCUT2D eigenvalue weighted by atomic mass is 9.68. The highest BCUT2D eigenvalue weighted by Crippen LogP contribution is 2.59. The van der Waals surface area contributed by atoms with Crippen LogP contribution in [-0.4, -0.2) is 0 Å². The topological polar surface area (TPSA) is 0 Å². The summed E-state index contributed by atoms with van der Waals surface area (Å²) in [5.74, 6) is 4.42. The van der Waals surface area contributed by atoms with Crippen LogP contribution < -0.4 is 0 Å². The van der Waals surface area contributed by atoms with Crippen LogP contribution in [0.25, 0.3) is 0 Å². The van der Waals surface area contributed by atoms with Crippen molar-refractivity contribution in [2.45, 2.75) is 31.6 Å². The molecule has 0 aromatic heterocycles. The molecule has 0 radical (unpaired) electrons. The van der Waals surface area contributed by atoms with Crippen LogP contribution in [0.4, 0.5) is 0 Å². The van der Waals surface area contributed by atoms with E-state index < -0.39 is 0 Å². The van der Waals surface area contributed by atoms with Crippen LogP contribution in [0, 0.1) is 29.6 Å². The fourth-order valence-electron chi connectivity index (χ4n) is 6.31. The highest BCUT2D eigenvalue weighted by Gasteiger charge is 2.52. The SMILES string of the molecule is C1=CC2C(C=C1)C(C(c1ccccc1)c1ccccc1)C1CCCCC21. The molecule has 5 rings (SSSR count). The first kappa shape index (κ1) is 16.1. The fourth-order valence-corrected chi connectivity index (χ4v) is 6.31. The van der Waals surface area contributed by atoms with Crippen LogP contribution in [0.15, 0.2) is 85.0 Å². The van der Waals surface area contributed by atoms with E-state index in [1.807, 2.05) is 0 Å². The van der Waals surface area contributed by atoms with Gasteiger partial charge in [-0.25, -0.2) is 0 Å². The highest BCUT2D eigenvalue weighted by molar-refractivity contribution is 5.36. The van der Waals surface area contributed by atoms with Crippen molar-refractivity contribution in [2.75, 3.05) is 0 Å². The van der Waals surface area contributed by atoms with Gasteiger partial charge in [0.2, 0.25) is 0 Å². The predicted molar refractivity (Wildman–Crippen MR) is 109 cm³/mol. The quantitative estimate of drug-likeness (QED) is 0.589. The molecule has 2 saturated carbocycles. The second-order valence-corrected chi connectivity index (χ2v) is 8.41. The standard InChI is InChI=1S/C26H28/c1-3-11-19(12-4-1)25(20-13-5-2-6-14-20)26-23-17-9-7-15-21(23)22-16-8-10-18-24(22)26/h1-7,9,11-15,17,21-26H,8,10,16,18H2. The lowest BCUT2D eigenvalue weighted by Gasteiger charge is -2.36. The van der Waals surface area contributed by atoms with E-state index in [0.29, 0.717) is 11.8 Å². The molecule has 2 aromatic rings. The summed E-state index contributed by atoms with van der Waals surface area (Å²) >= 11 is 0. The normalized spacial score (nSPS) is 32.4. The van der Waals surface area contributed by atoms with Crippen molar-refractivity contribution in [2.24, 2.45) is 29.6 Å². The Hall–Kier alpha value is -2.08. The minimum Gasteiger partial charge on any atom is -0.0805 e. The first-order valence-corrected chi connectivity index (χ1v) is 10.4. The Morgan fingerprint density at radius 1 is 0.615 bits per heavy atom. The van der Waals surface area contributed by atoms with Gasteiger partial charge in [0.1, 0.15) is 0 Å². The van der Waals surface area contributed by atoms with E-state index in [1.165, 1.54) is 36.8 Å². The summed E-state index contributed by atoms with van der Waals surface area (Å²) in [6.07, 6.45) is 15.4. The molecule has 0 saturated heterocycles. The third-order valence-electron chi connectivity index (χ3n) is 7.23. The molecule has 0 amide bonds. The molecule has 132 valence electrons. The molecule has 2 fully saturated rings. The summed E-state index contributed by atoms with van der Waals surface area (Å²) in [6, 6.07) is 22.6. The molecule has 0 aliphatic heterocycles. The van der Waals surface area contributed by atoms with Crippen molar-refractivity contribution in [3.8, 4) is 0 Å². The Balaban J connectivity index is 1.63. The second-order valence-electron chi connectivity index (χ2n) is 8.41. The molecule has 0 N–H and O–H groups in total. The number of rotatable bonds is 3. The van der Waals surface area contributed by atoms with Gasteiger partial charge in [-0.2, -0.15) is 0 Å². The van der Waals surface area contributed by atoms with E-state index in [9.17, 15) is 0 Å². The summed E-state index contributed by atoms with van der Waals surface area (Å²) in [5, 5.41) is 0. The first-order valence-electron chi connectivity index (χ1n) is 10.4. The highest BCUT2D eigenvalue weighted by atomic mass is 14.6. The van der Waals surface area contributed by atoms with Gasteiger partial charge in [-0.05, 0) is 53.6 Å². The van der Waals surface area contributed by atoms with Gasteiger partial charge in [0.05, 0.1) is 0 Å². The van der Waals surface area contributed by atoms with Crippen LogP contribution in [0.5, 0.6) is 0 Å². The van der Waals surface area contributed by atoms with Gasteiger partial charge in [-0.1, -0.05) is 97.8 Å². The van der Waals surface area contributed by atoms with E-state index >= 15 is 0 Å². The molecule has 0 heteroatoms. The second kappa shape index (κ2) is 6.91. The number of allylic oxidation sites excluding steroid dienone is 4. The third-order valence-corrected chi connectivity index (χ3v) is 7.23. The maximum atomic E-state index is 2.53. The van der Waals surface area contributed by atoms with Crippen molar-refractivity contribution in [3.05, 3.63) is 96.1 Å². The maximum Gasteiger partial charge on any atom is 0.0126 e. The van der Waals surface area contributed by atoms with E-state index in [1.54, 1.807) is 0 Å². The molecular formula is C26H28. The zero-order valence-corrected chi connectivity index (χ0v) is 15.4. The Labute approximate surface area is 157 Å². The van der Waals surface area contributed by atoms with Gasteiger partial charge >= 0.3 is 0 Å². The Morgan fingerprint density at radius 3 is 1.77 bits per heavy atom. The van der Waals surface area contributed by atoms with Crippen molar-refractivity contribution in [1.82, 2.24) is 0 Å². The minimum absolute atomic E-state index is 0.508. The molecule has 0 spiro atoms. The maximum absolute atomic E-state index is 2.53. The molecule has 3 aliphatic carbocycles. The van der Waals surface area contributed by atoms with Crippen LogP contribution in [-0.2, 0) is 0 Å². The number of hydrogen-bond donors (Lipinski definition) is 0. The number of benzene rings is 2.